The lowest BCUT2D eigenvalue weighted by Crippen LogP contribution is -2.30. The summed E-state index contributed by atoms with van der Waals surface area (Å²) in [5.74, 6) is -0.953. The zero-order valence-electron chi connectivity index (χ0n) is 16.2. The minimum absolute atomic E-state index is 0.0299. The van der Waals surface area contributed by atoms with Gasteiger partial charge in [0.1, 0.15) is 15.7 Å². The molecule has 2 aromatic carbocycles. The molecular formula is C20H19ClFN3O3S2. The zero-order chi connectivity index (χ0) is 21.9. The topological polar surface area (TPSA) is 79.4 Å². The molecule has 10 heteroatoms. The van der Waals surface area contributed by atoms with Gasteiger partial charge in [-0.3, -0.25) is 4.79 Å². The van der Waals surface area contributed by atoms with Gasteiger partial charge in [-0.05, 0) is 30.3 Å². The third-order valence-corrected chi connectivity index (χ3v) is 7.77. The molecule has 158 valence electrons. The molecule has 0 atom stereocenters. The Morgan fingerprint density at radius 2 is 1.90 bits per heavy atom. The van der Waals surface area contributed by atoms with Gasteiger partial charge in [0.05, 0.1) is 21.8 Å². The van der Waals surface area contributed by atoms with Crippen molar-refractivity contribution in [2.45, 2.75) is 18.7 Å². The first-order valence-electron chi connectivity index (χ1n) is 9.09. The van der Waals surface area contributed by atoms with Gasteiger partial charge >= 0.3 is 0 Å². The van der Waals surface area contributed by atoms with Crippen molar-refractivity contribution in [1.29, 1.82) is 0 Å². The van der Waals surface area contributed by atoms with Crippen LogP contribution in [0.2, 0.25) is 5.02 Å². The number of nitrogens with zero attached hydrogens (tertiary/aromatic N) is 2. The van der Waals surface area contributed by atoms with Crippen molar-refractivity contribution in [2.24, 2.45) is 0 Å². The number of halogens is 2. The quantitative estimate of drug-likeness (QED) is 0.536. The molecule has 3 rings (SSSR count). The van der Waals surface area contributed by atoms with Crippen LogP contribution in [0.1, 0.15) is 23.5 Å². The second kappa shape index (κ2) is 9.22. The van der Waals surface area contributed by atoms with Crippen LogP contribution >= 0.6 is 22.9 Å². The van der Waals surface area contributed by atoms with E-state index >= 15 is 0 Å². The van der Waals surface area contributed by atoms with Gasteiger partial charge in [-0.15, -0.1) is 11.3 Å². The number of hydrogen-bond acceptors (Lipinski definition) is 5. The Morgan fingerprint density at radius 3 is 2.57 bits per heavy atom. The van der Waals surface area contributed by atoms with Gasteiger partial charge in [0, 0.05) is 18.7 Å². The second-order valence-corrected chi connectivity index (χ2v) is 9.57. The first-order chi connectivity index (χ1) is 14.3. The molecule has 0 aliphatic rings. The van der Waals surface area contributed by atoms with E-state index in [9.17, 15) is 17.6 Å². The van der Waals surface area contributed by atoms with Crippen molar-refractivity contribution in [3.05, 3.63) is 64.4 Å². The predicted molar refractivity (Wildman–Crippen MR) is 117 cm³/mol. The molecule has 0 spiro atoms. The molecule has 0 saturated carbocycles. The summed E-state index contributed by atoms with van der Waals surface area (Å²) in [6, 6.07) is 10.3. The van der Waals surface area contributed by atoms with E-state index in [1.807, 2.05) is 0 Å². The summed E-state index contributed by atoms with van der Waals surface area (Å²) >= 11 is 7.18. The lowest BCUT2D eigenvalue weighted by atomic mass is 10.2. The fourth-order valence-electron chi connectivity index (χ4n) is 2.80. The standard InChI is InChI=1S/C20H19ClFN3O3S2/c1-3-25(4-2)30(27,28)13-9-10-15(21)17(11-13)24-19(26)18-12-23-20(29-18)14-7-5-6-8-16(14)22/h5-12H,3-4H2,1-2H3,(H,24,26). The van der Waals surface area contributed by atoms with Crippen molar-refractivity contribution in [2.75, 3.05) is 18.4 Å². The third kappa shape index (κ3) is 4.54. The van der Waals surface area contributed by atoms with Gasteiger partial charge in [0.15, 0.2) is 0 Å². The van der Waals surface area contributed by atoms with Crippen LogP contribution in [0, 0.1) is 5.82 Å². The summed E-state index contributed by atoms with van der Waals surface area (Å²) in [4.78, 5) is 17.0. The van der Waals surface area contributed by atoms with Crippen molar-refractivity contribution in [3.8, 4) is 10.6 Å². The maximum absolute atomic E-state index is 14.0. The summed E-state index contributed by atoms with van der Waals surface area (Å²) in [6.07, 6.45) is 1.34. The van der Waals surface area contributed by atoms with Crippen LogP contribution in [0.5, 0.6) is 0 Å². The van der Waals surface area contributed by atoms with Gasteiger partial charge in [-0.1, -0.05) is 37.6 Å². The minimum Gasteiger partial charge on any atom is -0.320 e. The van der Waals surface area contributed by atoms with E-state index in [-0.39, 0.29) is 20.5 Å². The normalized spacial score (nSPS) is 11.6. The number of thiazole rings is 1. The summed E-state index contributed by atoms with van der Waals surface area (Å²) in [6.45, 7) is 4.14. The number of aromatic nitrogens is 1. The first-order valence-corrected chi connectivity index (χ1v) is 11.7. The van der Waals surface area contributed by atoms with E-state index in [1.165, 1.54) is 34.8 Å². The smallest absolute Gasteiger partial charge is 0.267 e. The Kier molecular flexibility index (Phi) is 6.87. The van der Waals surface area contributed by atoms with Crippen LogP contribution in [0.15, 0.2) is 53.6 Å². The molecule has 0 aliphatic carbocycles. The van der Waals surface area contributed by atoms with Crippen molar-refractivity contribution in [1.82, 2.24) is 9.29 Å². The lowest BCUT2D eigenvalue weighted by Gasteiger charge is -2.19. The summed E-state index contributed by atoms with van der Waals surface area (Å²) in [5, 5.41) is 3.17. The van der Waals surface area contributed by atoms with Crippen LogP contribution in [-0.4, -0.2) is 36.7 Å². The Labute approximate surface area is 183 Å². The maximum atomic E-state index is 14.0. The lowest BCUT2D eigenvalue weighted by molar-refractivity contribution is 0.103. The van der Waals surface area contributed by atoms with E-state index in [1.54, 1.807) is 32.0 Å². The first kappa shape index (κ1) is 22.4. The number of carbonyl (C=O) groups is 1. The predicted octanol–water partition coefficient (Wildman–Crippen LogP) is 4.89. The zero-order valence-corrected chi connectivity index (χ0v) is 18.6. The molecule has 0 unspecified atom stereocenters. The number of anilines is 1. The van der Waals surface area contributed by atoms with Gasteiger partial charge in [-0.25, -0.2) is 17.8 Å². The fraction of sp³-hybridized carbons (Fsp3) is 0.200. The molecule has 0 bridgehead atoms. The van der Waals surface area contributed by atoms with Crippen LogP contribution in [0.3, 0.4) is 0 Å². The number of amides is 1. The molecular weight excluding hydrogens is 449 g/mol. The number of carbonyl (C=O) groups excluding carboxylic acids is 1. The maximum Gasteiger partial charge on any atom is 0.267 e. The Hall–Kier alpha value is -2.33. The average Bonchev–Trinajstić information content (AvgIpc) is 3.20. The van der Waals surface area contributed by atoms with Gasteiger partial charge in [0.25, 0.3) is 5.91 Å². The SMILES string of the molecule is CCN(CC)S(=O)(=O)c1ccc(Cl)c(NC(=O)c2cnc(-c3ccccc3F)s2)c1. The van der Waals surface area contributed by atoms with Crippen LogP contribution < -0.4 is 5.32 Å². The van der Waals surface area contributed by atoms with E-state index in [0.717, 1.165) is 11.3 Å². The fourth-order valence-corrected chi connectivity index (χ4v) is 5.28. The Morgan fingerprint density at radius 1 is 1.20 bits per heavy atom. The molecule has 30 heavy (non-hydrogen) atoms. The number of nitrogens with one attached hydrogen (secondary N) is 1. The molecule has 3 aromatic rings. The molecule has 1 amide bonds. The highest BCUT2D eigenvalue weighted by Crippen LogP contribution is 2.30. The molecule has 6 nitrogen and oxygen atoms in total. The largest absolute Gasteiger partial charge is 0.320 e. The molecule has 1 aromatic heterocycles. The van der Waals surface area contributed by atoms with Crippen LogP contribution in [0.4, 0.5) is 10.1 Å². The minimum atomic E-state index is -3.71. The molecule has 0 aliphatic heterocycles. The Bertz CT molecular complexity index is 1180. The highest BCUT2D eigenvalue weighted by molar-refractivity contribution is 7.89. The summed E-state index contributed by atoms with van der Waals surface area (Å²) < 4.78 is 40.7. The molecule has 0 radical (unpaired) electrons. The molecule has 1 N–H and O–H groups in total. The highest BCUT2D eigenvalue weighted by atomic mass is 35.5. The number of hydrogen-bond donors (Lipinski definition) is 1. The van der Waals surface area contributed by atoms with Crippen molar-refractivity contribution >= 4 is 44.6 Å². The third-order valence-electron chi connectivity index (χ3n) is 4.36. The van der Waals surface area contributed by atoms with E-state index in [4.69, 9.17) is 11.6 Å². The highest BCUT2D eigenvalue weighted by Gasteiger charge is 2.23. The molecule has 0 saturated heterocycles. The number of rotatable bonds is 7. The summed E-state index contributed by atoms with van der Waals surface area (Å²) in [5.41, 5.74) is 0.461. The second-order valence-electron chi connectivity index (χ2n) is 6.19. The van der Waals surface area contributed by atoms with E-state index in [2.05, 4.69) is 10.3 Å². The average molecular weight is 468 g/mol. The van der Waals surface area contributed by atoms with Gasteiger partial charge in [0.2, 0.25) is 10.0 Å². The van der Waals surface area contributed by atoms with E-state index < -0.39 is 21.7 Å². The molecule has 1 heterocycles. The Balaban J connectivity index is 1.87. The van der Waals surface area contributed by atoms with Crippen molar-refractivity contribution in [3.63, 3.8) is 0 Å². The number of sulfonamides is 1. The molecule has 0 fully saturated rings. The van der Waals surface area contributed by atoms with Crippen LogP contribution in [0.25, 0.3) is 10.6 Å². The summed E-state index contributed by atoms with van der Waals surface area (Å²) in [7, 11) is -3.71. The van der Waals surface area contributed by atoms with Gasteiger partial charge in [-0.2, -0.15) is 4.31 Å². The monoisotopic (exact) mass is 467 g/mol. The van der Waals surface area contributed by atoms with Gasteiger partial charge < -0.3 is 5.32 Å². The van der Waals surface area contributed by atoms with Crippen LogP contribution in [-0.2, 0) is 10.0 Å². The van der Waals surface area contributed by atoms with E-state index in [0.29, 0.717) is 23.7 Å². The number of benzene rings is 2. The van der Waals surface area contributed by atoms with Crippen molar-refractivity contribution < 1.29 is 17.6 Å².